The zero-order valence-corrected chi connectivity index (χ0v) is 11.1. The van der Waals surface area contributed by atoms with Crippen molar-refractivity contribution in [1.82, 2.24) is 9.97 Å². The number of nitrogen functional groups attached to an aromatic ring is 1. The van der Waals surface area contributed by atoms with Gasteiger partial charge in [0.15, 0.2) is 11.0 Å². The molecule has 1 aromatic carbocycles. The monoisotopic (exact) mass is 262 g/mol. The Morgan fingerprint density at radius 3 is 2.67 bits per heavy atom. The Morgan fingerprint density at radius 1 is 1.22 bits per heavy atom. The molecule has 0 spiro atoms. The third kappa shape index (κ3) is 2.54. The molecule has 2 aromatic rings. The van der Waals surface area contributed by atoms with Crippen LogP contribution >= 0.6 is 11.6 Å². The first-order chi connectivity index (χ1) is 8.59. The Kier molecular flexibility index (Phi) is 3.67. The number of anilines is 3. The second kappa shape index (κ2) is 5.23. The van der Waals surface area contributed by atoms with Crippen LogP contribution in [0.3, 0.4) is 0 Å². The van der Waals surface area contributed by atoms with Gasteiger partial charge in [0.05, 0.1) is 0 Å². The fraction of sp³-hybridized carbons (Fsp3) is 0.231. The van der Waals surface area contributed by atoms with Crippen LogP contribution in [-0.4, -0.2) is 9.97 Å². The highest BCUT2D eigenvalue weighted by molar-refractivity contribution is 6.32. The second-order valence-electron chi connectivity index (χ2n) is 4.29. The summed E-state index contributed by atoms with van der Waals surface area (Å²) in [5.74, 6) is 0.940. The molecule has 18 heavy (non-hydrogen) atoms. The minimum absolute atomic E-state index is 0.259. The molecule has 0 amide bonds. The van der Waals surface area contributed by atoms with Crippen molar-refractivity contribution in [2.75, 3.05) is 11.1 Å². The average molecular weight is 263 g/mol. The maximum Gasteiger partial charge on any atom is 0.158 e. The van der Waals surface area contributed by atoms with Gasteiger partial charge >= 0.3 is 0 Å². The summed E-state index contributed by atoms with van der Waals surface area (Å²) < 4.78 is 0. The number of nitrogens with zero attached hydrogens (tertiary/aromatic N) is 2. The van der Waals surface area contributed by atoms with Gasteiger partial charge in [-0.05, 0) is 17.5 Å². The molecule has 0 radical (unpaired) electrons. The topological polar surface area (TPSA) is 63.8 Å². The molecule has 0 fully saturated rings. The number of rotatable bonds is 3. The summed E-state index contributed by atoms with van der Waals surface area (Å²) in [5, 5.41) is 3.46. The van der Waals surface area contributed by atoms with E-state index in [9.17, 15) is 0 Å². The largest absolute Gasteiger partial charge is 0.393 e. The van der Waals surface area contributed by atoms with Crippen LogP contribution in [-0.2, 0) is 0 Å². The molecule has 2 rings (SSSR count). The maximum absolute atomic E-state index is 5.87. The molecule has 0 bridgehead atoms. The third-order valence-corrected chi connectivity index (χ3v) is 2.97. The number of halogens is 1. The fourth-order valence-electron chi connectivity index (χ4n) is 1.72. The Balaban J connectivity index is 2.37. The van der Waals surface area contributed by atoms with Crippen molar-refractivity contribution >= 4 is 28.8 Å². The van der Waals surface area contributed by atoms with Gasteiger partial charge in [-0.15, -0.1) is 0 Å². The predicted octanol–water partition coefficient (Wildman–Crippen LogP) is 3.58. The molecular formula is C13H15ClN4. The standard InChI is InChI=1S/C13H15ClN4/c1-8(2)9-5-3-4-6-10(9)18-13-11(15)12(14)16-7-17-13/h3-8H,15H2,1-2H3,(H,16,17,18). The van der Waals surface area contributed by atoms with Gasteiger partial charge < -0.3 is 11.1 Å². The zero-order valence-electron chi connectivity index (χ0n) is 10.3. The summed E-state index contributed by atoms with van der Waals surface area (Å²) in [6.07, 6.45) is 1.39. The van der Waals surface area contributed by atoms with Gasteiger partial charge in [0.2, 0.25) is 0 Å². The van der Waals surface area contributed by atoms with E-state index in [4.69, 9.17) is 17.3 Å². The van der Waals surface area contributed by atoms with Crippen LogP contribution in [0.5, 0.6) is 0 Å². The van der Waals surface area contributed by atoms with E-state index in [1.165, 1.54) is 11.9 Å². The number of para-hydroxylation sites is 1. The quantitative estimate of drug-likeness (QED) is 0.830. The van der Waals surface area contributed by atoms with E-state index in [2.05, 4.69) is 35.2 Å². The van der Waals surface area contributed by atoms with Crippen LogP contribution in [0.4, 0.5) is 17.2 Å². The number of nitrogens with one attached hydrogen (secondary N) is 1. The van der Waals surface area contributed by atoms with E-state index in [-0.39, 0.29) is 5.15 Å². The van der Waals surface area contributed by atoms with E-state index < -0.39 is 0 Å². The first kappa shape index (κ1) is 12.6. The van der Waals surface area contributed by atoms with Gasteiger partial charge in [-0.2, -0.15) is 0 Å². The van der Waals surface area contributed by atoms with Crippen LogP contribution in [0.15, 0.2) is 30.6 Å². The molecular weight excluding hydrogens is 248 g/mol. The Labute approximate surface area is 111 Å². The smallest absolute Gasteiger partial charge is 0.158 e. The van der Waals surface area contributed by atoms with E-state index in [1.807, 2.05) is 18.2 Å². The molecule has 1 heterocycles. The first-order valence-electron chi connectivity index (χ1n) is 5.71. The molecule has 3 N–H and O–H groups in total. The number of hydrogen-bond acceptors (Lipinski definition) is 4. The van der Waals surface area contributed by atoms with Crippen LogP contribution in [0.2, 0.25) is 5.15 Å². The van der Waals surface area contributed by atoms with Crippen molar-refractivity contribution in [3.8, 4) is 0 Å². The molecule has 5 heteroatoms. The molecule has 0 aliphatic carbocycles. The molecule has 94 valence electrons. The summed E-state index contributed by atoms with van der Waals surface area (Å²) >= 11 is 5.87. The van der Waals surface area contributed by atoms with Crippen molar-refractivity contribution in [3.05, 3.63) is 41.3 Å². The summed E-state index contributed by atoms with van der Waals surface area (Å²) in [4.78, 5) is 7.93. The van der Waals surface area contributed by atoms with E-state index in [0.717, 1.165) is 5.69 Å². The summed E-state index contributed by atoms with van der Waals surface area (Å²) in [7, 11) is 0. The minimum Gasteiger partial charge on any atom is -0.393 e. The van der Waals surface area contributed by atoms with Crippen LogP contribution in [0.1, 0.15) is 25.3 Å². The first-order valence-corrected chi connectivity index (χ1v) is 6.09. The Bertz CT molecular complexity index is 554. The molecule has 0 unspecified atom stereocenters. The van der Waals surface area contributed by atoms with E-state index >= 15 is 0 Å². The zero-order chi connectivity index (χ0) is 13.1. The summed E-state index contributed by atoms with van der Waals surface area (Å²) in [6.45, 7) is 4.27. The number of aromatic nitrogens is 2. The van der Waals surface area contributed by atoms with Crippen molar-refractivity contribution in [2.24, 2.45) is 0 Å². The van der Waals surface area contributed by atoms with Crippen molar-refractivity contribution in [2.45, 2.75) is 19.8 Å². The number of benzene rings is 1. The molecule has 0 aliphatic heterocycles. The van der Waals surface area contributed by atoms with Gasteiger partial charge in [-0.25, -0.2) is 9.97 Å². The van der Waals surface area contributed by atoms with Crippen molar-refractivity contribution in [3.63, 3.8) is 0 Å². The van der Waals surface area contributed by atoms with E-state index in [1.54, 1.807) is 0 Å². The van der Waals surface area contributed by atoms with E-state index in [0.29, 0.717) is 17.4 Å². The number of hydrogen-bond donors (Lipinski definition) is 2. The lowest BCUT2D eigenvalue weighted by atomic mass is 10.0. The fourth-order valence-corrected chi connectivity index (χ4v) is 1.85. The molecule has 4 nitrogen and oxygen atoms in total. The van der Waals surface area contributed by atoms with Gasteiger partial charge in [-0.3, -0.25) is 0 Å². The Morgan fingerprint density at radius 2 is 1.94 bits per heavy atom. The normalized spacial score (nSPS) is 10.7. The number of nitrogens with two attached hydrogens (primary N) is 1. The SMILES string of the molecule is CC(C)c1ccccc1Nc1ncnc(Cl)c1N. The van der Waals surface area contributed by atoms with Crippen molar-refractivity contribution in [1.29, 1.82) is 0 Å². The average Bonchev–Trinajstić information content (AvgIpc) is 2.35. The third-order valence-electron chi connectivity index (χ3n) is 2.67. The van der Waals surface area contributed by atoms with Crippen LogP contribution < -0.4 is 11.1 Å². The molecule has 0 aliphatic rings. The molecule has 0 saturated carbocycles. The lowest BCUT2D eigenvalue weighted by Gasteiger charge is -2.15. The lowest BCUT2D eigenvalue weighted by molar-refractivity contribution is 0.869. The van der Waals surface area contributed by atoms with Crippen LogP contribution in [0.25, 0.3) is 0 Å². The minimum atomic E-state index is 0.259. The van der Waals surface area contributed by atoms with Crippen LogP contribution in [0, 0.1) is 0 Å². The van der Waals surface area contributed by atoms with Gasteiger partial charge in [0.1, 0.15) is 12.0 Å². The molecule has 1 aromatic heterocycles. The molecule has 0 saturated heterocycles. The lowest BCUT2D eigenvalue weighted by Crippen LogP contribution is -2.03. The van der Waals surface area contributed by atoms with Gasteiger partial charge in [0, 0.05) is 5.69 Å². The highest BCUT2D eigenvalue weighted by Gasteiger charge is 2.10. The second-order valence-corrected chi connectivity index (χ2v) is 4.65. The molecule has 0 atom stereocenters. The van der Waals surface area contributed by atoms with Crippen molar-refractivity contribution < 1.29 is 0 Å². The van der Waals surface area contributed by atoms with Gasteiger partial charge in [-0.1, -0.05) is 43.6 Å². The maximum atomic E-state index is 5.87. The predicted molar refractivity (Wildman–Crippen MR) is 75.3 cm³/mol. The summed E-state index contributed by atoms with van der Waals surface area (Å²) in [6, 6.07) is 8.04. The Hall–Kier alpha value is -1.81. The highest BCUT2D eigenvalue weighted by atomic mass is 35.5. The van der Waals surface area contributed by atoms with Gasteiger partial charge in [0.25, 0.3) is 0 Å². The summed E-state index contributed by atoms with van der Waals surface area (Å²) in [5.41, 5.74) is 8.38. The highest BCUT2D eigenvalue weighted by Crippen LogP contribution is 2.29.